The molecule has 2 aliphatic rings. The van der Waals surface area contributed by atoms with Gasteiger partial charge < -0.3 is 10.1 Å². The number of nitrogens with zero attached hydrogens (tertiary/aromatic N) is 1. The summed E-state index contributed by atoms with van der Waals surface area (Å²) >= 11 is 0. The monoisotopic (exact) mass is 298 g/mol. The smallest absolute Gasteiger partial charge is 0.275 e. The average Bonchev–Trinajstić information content (AvgIpc) is 2.77. The number of aliphatic imine (C=N–C) groups is 1. The standard InChI is InChI=1S/C18H22N2O2/c1-11(2)13-7-8-16(22-3)14(9-13)10-15-18(21)20-17(19-15)12-5-4-6-12/h7-12H,4-6H2,1-3H3,(H,19,20,21)/b15-10-. The van der Waals surface area contributed by atoms with Crippen molar-refractivity contribution < 1.29 is 9.53 Å². The number of benzene rings is 1. The fourth-order valence-corrected chi connectivity index (χ4v) is 2.73. The molecular formula is C18H22N2O2. The third-order valence-corrected chi connectivity index (χ3v) is 4.42. The molecule has 0 radical (unpaired) electrons. The summed E-state index contributed by atoms with van der Waals surface area (Å²) in [7, 11) is 1.64. The van der Waals surface area contributed by atoms with Gasteiger partial charge in [0, 0.05) is 11.5 Å². The van der Waals surface area contributed by atoms with Gasteiger partial charge in [0.2, 0.25) is 0 Å². The van der Waals surface area contributed by atoms with Gasteiger partial charge in [-0.05, 0) is 42.5 Å². The maximum absolute atomic E-state index is 12.1. The molecule has 1 aromatic rings. The molecule has 1 heterocycles. The van der Waals surface area contributed by atoms with Crippen molar-refractivity contribution in [1.82, 2.24) is 5.32 Å². The van der Waals surface area contributed by atoms with Crippen molar-refractivity contribution in [3.05, 3.63) is 35.0 Å². The summed E-state index contributed by atoms with van der Waals surface area (Å²) in [5.74, 6) is 2.34. The van der Waals surface area contributed by atoms with Crippen molar-refractivity contribution in [3.63, 3.8) is 0 Å². The number of carbonyl (C=O) groups excluding carboxylic acids is 1. The first-order chi connectivity index (χ1) is 10.6. The summed E-state index contributed by atoms with van der Waals surface area (Å²) in [4.78, 5) is 16.6. The molecule has 0 saturated heterocycles. The van der Waals surface area contributed by atoms with Gasteiger partial charge in [0.15, 0.2) is 0 Å². The van der Waals surface area contributed by atoms with Crippen molar-refractivity contribution in [2.75, 3.05) is 7.11 Å². The molecule has 0 spiro atoms. The molecule has 0 bridgehead atoms. The summed E-state index contributed by atoms with van der Waals surface area (Å²) in [6.07, 6.45) is 5.30. The van der Waals surface area contributed by atoms with Crippen LogP contribution in [0, 0.1) is 5.92 Å². The predicted molar refractivity (Wildman–Crippen MR) is 88.0 cm³/mol. The van der Waals surface area contributed by atoms with Gasteiger partial charge in [-0.3, -0.25) is 4.79 Å². The zero-order valence-electron chi connectivity index (χ0n) is 13.3. The van der Waals surface area contributed by atoms with E-state index in [4.69, 9.17) is 4.74 Å². The Labute approximate surface area is 131 Å². The lowest BCUT2D eigenvalue weighted by atomic mass is 9.84. The number of nitrogens with one attached hydrogen (secondary N) is 1. The number of carbonyl (C=O) groups is 1. The van der Waals surface area contributed by atoms with Crippen LogP contribution >= 0.6 is 0 Å². The van der Waals surface area contributed by atoms with Gasteiger partial charge in [0.1, 0.15) is 17.3 Å². The van der Waals surface area contributed by atoms with Gasteiger partial charge in [-0.15, -0.1) is 0 Å². The van der Waals surface area contributed by atoms with Crippen molar-refractivity contribution in [1.29, 1.82) is 0 Å². The largest absolute Gasteiger partial charge is 0.496 e. The Morgan fingerprint density at radius 1 is 1.36 bits per heavy atom. The number of methoxy groups -OCH3 is 1. The van der Waals surface area contributed by atoms with Crippen LogP contribution in [-0.4, -0.2) is 18.9 Å². The summed E-state index contributed by atoms with van der Waals surface area (Å²) in [5.41, 5.74) is 2.59. The van der Waals surface area contributed by atoms with E-state index in [1.807, 2.05) is 12.1 Å². The minimum Gasteiger partial charge on any atom is -0.496 e. The third kappa shape index (κ3) is 2.78. The zero-order chi connectivity index (χ0) is 15.7. The Hall–Kier alpha value is -2.10. The number of amidine groups is 1. The first kappa shape index (κ1) is 14.8. The molecule has 1 fully saturated rings. The van der Waals surface area contributed by atoms with Crippen LogP contribution in [0.25, 0.3) is 6.08 Å². The Morgan fingerprint density at radius 3 is 2.73 bits per heavy atom. The molecule has 0 atom stereocenters. The summed E-state index contributed by atoms with van der Waals surface area (Å²) in [6.45, 7) is 4.29. The second-order valence-electron chi connectivity index (χ2n) is 6.26. The lowest BCUT2D eigenvalue weighted by Crippen LogP contribution is -2.33. The first-order valence-electron chi connectivity index (χ1n) is 7.88. The molecule has 1 amide bonds. The van der Waals surface area contributed by atoms with Gasteiger partial charge in [-0.1, -0.05) is 26.3 Å². The average molecular weight is 298 g/mol. The Balaban J connectivity index is 1.94. The van der Waals surface area contributed by atoms with Gasteiger partial charge in [-0.2, -0.15) is 0 Å². The molecule has 116 valence electrons. The van der Waals surface area contributed by atoms with E-state index < -0.39 is 0 Å². The van der Waals surface area contributed by atoms with E-state index in [9.17, 15) is 4.79 Å². The molecule has 4 nitrogen and oxygen atoms in total. The fraction of sp³-hybridized carbons (Fsp3) is 0.444. The Morgan fingerprint density at radius 2 is 2.14 bits per heavy atom. The first-order valence-corrected chi connectivity index (χ1v) is 7.88. The molecule has 0 unspecified atom stereocenters. The molecule has 4 heteroatoms. The van der Waals surface area contributed by atoms with Crippen LogP contribution in [0.5, 0.6) is 5.75 Å². The minimum absolute atomic E-state index is 0.112. The van der Waals surface area contributed by atoms with Crippen LogP contribution in [0.4, 0.5) is 0 Å². The van der Waals surface area contributed by atoms with Crippen LogP contribution in [-0.2, 0) is 4.79 Å². The maximum atomic E-state index is 12.1. The van der Waals surface area contributed by atoms with Crippen LogP contribution in [0.2, 0.25) is 0 Å². The van der Waals surface area contributed by atoms with Crippen molar-refractivity contribution in [2.24, 2.45) is 10.9 Å². The minimum atomic E-state index is -0.112. The molecule has 1 aromatic carbocycles. The van der Waals surface area contributed by atoms with Crippen LogP contribution in [0.15, 0.2) is 28.9 Å². The van der Waals surface area contributed by atoms with Crippen molar-refractivity contribution >= 4 is 17.8 Å². The topological polar surface area (TPSA) is 50.7 Å². The van der Waals surface area contributed by atoms with E-state index in [1.165, 1.54) is 12.0 Å². The van der Waals surface area contributed by atoms with Crippen molar-refractivity contribution in [3.8, 4) is 5.75 Å². The molecule has 0 aromatic heterocycles. The quantitative estimate of drug-likeness (QED) is 0.865. The van der Waals surface area contributed by atoms with Crippen LogP contribution in [0.3, 0.4) is 0 Å². The lowest BCUT2D eigenvalue weighted by Gasteiger charge is -2.24. The molecule has 1 saturated carbocycles. The second-order valence-corrected chi connectivity index (χ2v) is 6.26. The van der Waals surface area contributed by atoms with E-state index in [0.29, 0.717) is 17.5 Å². The molecule has 1 aliphatic carbocycles. The van der Waals surface area contributed by atoms with E-state index >= 15 is 0 Å². The molecule has 1 aliphatic heterocycles. The fourth-order valence-electron chi connectivity index (χ4n) is 2.73. The Kier molecular flexibility index (Phi) is 4.01. The van der Waals surface area contributed by atoms with Gasteiger partial charge in [0.05, 0.1) is 7.11 Å². The molecular weight excluding hydrogens is 276 g/mol. The SMILES string of the molecule is COc1ccc(C(C)C)cc1/C=C1\N=C(C2CCC2)NC1=O. The molecule has 3 rings (SSSR count). The highest BCUT2D eigenvalue weighted by Gasteiger charge is 2.30. The number of ether oxygens (including phenoxy) is 1. The predicted octanol–water partition coefficient (Wildman–Crippen LogP) is 3.49. The van der Waals surface area contributed by atoms with Gasteiger partial charge >= 0.3 is 0 Å². The van der Waals surface area contributed by atoms with Gasteiger partial charge in [0.25, 0.3) is 5.91 Å². The molecule has 22 heavy (non-hydrogen) atoms. The number of hydrogen-bond acceptors (Lipinski definition) is 3. The summed E-state index contributed by atoms with van der Waals surface area (Å²) in [5, 5.41) is 2.90. The van der Waals surface area contributed by atoms with E-state index in [-0.39, 0.29) is 5.91 Å². The van der Waals surface area contributed by atoms with Crippen molar-refractivity contribution in [2.45, 2.75) is 39.0 Å². The highest BCUT2D eigenvalue weighted by Crippen LogP contribution is 2.31. The number of amides is 1. The number of rotatable bonds is 4. The van der Waals surface area contributed by atoms with E-state index in [2.05, 4.69) is 36.3 Å². The summed E-state index contributed by atoms with van der Waals surface area (Å²) < 4.78 is 5.41. The highest BCUT2D eigenvalue weighted by molar-refractivity contribution is 6.15. The molecule has 1 N–H and O–H groups in total. The lowest BCUT2D eigenvalue weighted by molar-refractivity contribution is -0.115. The normalized spacial score (nSPS) is 20.1. The Bertz CT molecular complexity index is 655. The highest BCUT2D eigenvalue weighted by atomic mass is 16.5. The van der Waals surface area contributed by atoms with Gasteiger partial charge in [-0.25, -0.2) is 4.99 Å². The summed E-state index contributed by atoms with van der Waals surface area (Å²) in [6, 6.07) is 6.08. The van der Waals surface area contributed by atoms with Crippen LogP contribution < -0.4 is 10.1 Å². The van der Waals surface area contributed by atoms with E-state index in [0.717, 1.165) is 30.0 Å². The van der Waals surface area contributed by atoms with Crippen LogP contribution in [0.1, 0.15) is 50.2 Å². The second kappa shape index (κ2) is 5.95. The van der Waals surface area contributed by atoms with E-state index in [1.54, 1.807) is 7.11 Å². The maximum Gasteiger partial charge on any atom is 0.275 e. The number of hydrogen-bond donors (Lipinski definition) is 1. The third-order valence-electron chi connectivity index (χ3n) is 4.42. The zero-order valence-corrected chi connectivity index (χ0v) is 13.3.